The average Bonchev–Trinajstić information content (AvgIpc) is 2.42. The van der Waals surface area contributed by atoms with E-state index in [-0.39, 0.29) is 5.91 Å². The summed E-state index contributed by atoms with van der Waals surface area (Å²) in [6.45, 7) is 2.72. The fourth-order valence-electron chi connectivity index (χ4n) is 2.38. The van der Waals surface area contributed by atoms with Crippen LogP contribution >= 0.6 is 15.9 Å². The van der Waals surface area contributed by atoms with Crippen LogP contribution in [0.3, 0.4) is 0 Å². The van der Waals surface area contributed by atoms with Crippen LogP contribution in [0.25, 0.3) is 0 Å². The Morgan fingerprint density at radius 3 is 2.95 bits per heavy atom. The number of aryl methyl sites for hydroxylation is 1. The molecule has 0 fully saturated rings. The maximum absolute atomic E-state index is 12.1. The van der Waals surface area contributed by atoms with E-state index in [0.717, 1.165) is 28.6 Å². The Balaban J connectivity index is 1.87. The maximum Gasteiger partial charge on any atom is 0.252 e. The molecule has 0 unspecified atom stereocenters. The van der Waals surface area contributed by atoms with E-state index < -0.39 is 0 Å². The standard InChI is InChI=1S/C16H20BrNO/c1-12-7-8-15(17)14(11-12)16(19)18-10-9-13-5-3-2-4-6-13/h5,7-8,11H,2-4,6,9-10H2,1H3,(H,18,19). The summed E-state index contributed by atoms with van der Waals surface area (Å²) in [7, 11) is 0. The Bertz CT molecular complexity index is 494. The number of rotatable bonds is 4. The normalized spacial score (nSPS) is 14.9. The summed E-state index contributed by atoms with van der Waals surface area (Å²) in [5.74, 6) is 0.00647. The molecule has 0 saturated heterocycles. The largest absolute Gasteiger partial charge is 0.352 e. The van der Waals surface area contributed by atoms with E-state index in [1.807, 2.05) is 25.1 Å². The van der Waals surface area contributed by atoms with E-state index >= 15 is 0 Å². The maximum atomic E-state index is 12.1. The number of hydrogen-bond donors (Lipinski definition) is 1. The summed E-state index contributed by atoms with van der Waals surface area (Å²) in [4.78, 5) is 12.1. The number of benzene rings is 1. The first-order chi connectivity index (χ1) is 9.16. The Morgan fingerprint density at radius 1 is 1.37 bits per heavy atom. The number of carbonyl (C=O) groups is 1. The van der Waals surface area contributed by atoms with Crippen molar-refractivity contribution in [3.8, 4) is 0 Å². The number of halogens is 1. The molecule has 1 aromatic rings. The molecular weight excluding hydrogens is 302 g/mol. The van der Waals surface area contributed by atoms with Crippen LogP contribution in [-0.2, 0) is 0 Å². The van der Waals surface area contributed by atoms with Crippen molar-refractivity contribution in [2.24, 2.45) is 0 Å². The van der Waals surface area contributed by atoms with E-state index in [0.29, 0.717) is 0 Å². The number of carbonyl (C=O) groups excluding carboxylic acids is 1. The summed E-state index contributed by atoms with van der Waals surface area (Å²) in [6, 6.07) is 5.83. The van der Waals surface area contributed by atoms with Gasteiger partial charge in [0, 0.05) is 11.0 Å². The summed E-state index contributed by atoms with van der Waals surface area (Å²) >= 11 is 3.43. The molecule has 19 heavy (non-hydrogen) atoms. The van der Waals surface area contributed by atoms with E-state index in [1.165, 1.54) is 31.3 Å². The smallest absolute Gasteiger partial charge is 0.252 e. The lowest BCUT2D eigenvalue weighted by atomic mass is 9.97. The third-order valence-electron chi connectivity index (χ3n) is 3.48. The molecule has 2 nitrogen and oxygen atoms in total. The molecule has 2 rings (SSSR count). The summed E-state index contributed by atoms with van der Waals surface area (Å²) in [5.41, 5.74) is 3.32. The number of amides is 1. The highest BCUT2D eigenvalue weighted by Gasteiger charge is 2.10. The molecule has 0 bridgehead atoms. The van der Waals surface area contributed by atoms with Crippen LogP contribution in [-0.4, -0.2) is 12.5 Å². The van der Waals surface area contributed by atoms with Crippen molar-refractivity contribution in [1.29, 1.82) is 0 Å². The molecule has 1 amide bonds. The highest BCUT2D eigenvalue weighted by Crippen LogP contribution is 2.20. The average molecular weight is 322 g/mol. The molecule has 0 atom stereocenters. The second kappa shape index (κ2) is 6.90. The van der Waals surface area contributed by atoms with Gasteiger partial charge >= 0.3 is 0 Å². The number of allylic oxidation sites excluding steroid dienone is 1. The van der Waals surface area contributed by atoms with E-state index in [2.05, 4.69) is 27.3 Å². The van der Waals surface area contributed by atoms with Crippen molar-refractivity contribution in [1.82, 2.24) is 5.32 Å². The number of hydrogen-bond acceptors (Lipinski definition) is 1. The topological polar surface area (TPSA) is 29.1 Å². The third-order valence-corrected chi connectivity index (χ3v) is 4.17. The predicted molar refractivity (Wildman–Crippen MR) is 82.4 cm³/mol. The quantitative estimate of drug-likeness (QED) is 0.819. The highest BCUT2D eigenvalue weighted by molar-refractivity contribution is 9.10. The molecular formula is C16H20BrNO. The molecule has 1 aromatic carbocycles. The fraction of sp³-hybridized carbons (Fsp3) is 0.438. The third kappa shape index (κ3) is 4.20. The summed E-state index contributed by atoms with van der Waals surface area (Å²) < 4.78 is 0.854. The molecule has 1 aliphatic rings. The first-order valence-electron chi connectivity index (χ1n) is 6.89. The summed E-state index contributed by atoms with van der Waals surface area (Å²) in [5, 5.41) is 3.00. The van der Waals surface area contributed by atoms with Crippen molar-refractivity contribution in [2.45, 2.75) is 39.0 Å². The zero-order valence-electron chi connectivity index (χ0n) is 11.3. The van der Waals surface area contributed by atoms with Gasteiger partial charge in [0.05, 0.1) is 5.56 Å². The van der Waals surface area contributed by atoms with Gasteiger partial charge in [-0.05, 0) is 67.1 Å². The van der Waals surface area contributed by atoms with Crippen molar-refractivity contribution in [2.75, 3.05) is 6.54 Å². The van der Waals surface area contributed by atoms with Crippen molar-refractivity contribution < 1.29 is 4.79 Å². The Labute approximate surface area is 123 Å². The van der Waals surface area contributed by atoms with Gasteiger partial charge in [-0.1, -0.05) is 23.3 Å². The minimum absolute atomic E-state index is 0.00647. The molecule has 0 spiro atoms. The lowest BCUT2D eigenvalue weighted by Gasteiger charge is -2.13. The van der Waals surface area contributed by atoms with Gasteiger partial charge in [0.2, 0.25) is 0 Å². The van der Waals surface area contributed by atoms with Crippen LogP contribution in [0.4, 0.5) is 0 Å². The van der Waals surface area contributed by atoms with Gasteiger partial charge in [0.25, 0.3) is 5.91 Å². The van der Waals surface area contributed by atoms with Gasteiger partial charge in [0.15, 0.2) is 0 Å². The van der Waals surface area contributed by atoms with Crippen LogP contribution < -0.4 is 5.32 Å². The first-order valence-corrected chi connectivity index (χ1v) is 7.68. The second-order valence-corrected chi connectivity index (χ2v) is 5.95. The minimum atomic E-state index is 0.00647. The molecule has 1 aliphatic carbocycles. The van der Waals surface area contributed by atoms with Crippen molar-refractivity contribution in [3.05, 3.63) is 45.4 Å². The zero-order chi connectivity index (χ0) is 13.7. The van der Waals surface area contributed by atoms with E-state index in [4.69, 9.17) is 0 Å². The van der Waals surface area contributed by atoms with Gasteiger partial charge in [-0.3, -0.25) is 4.79 Å². The molecule has 0 saturated carbocycles. The van der Waals surface area contributed by atoms with Gasteiger partial charge < -0.3 is 5.32 Å². The van der Waals surface area contributed by atoms with Gasteiger partial charge in [0.1, 0.15) is 0 Å². The second-order valence-electron chi connectivity index (χ2n) is 5.10. The molecule has 1 N–H and O–H groups in total. The molecule has 0 aliphatic heterocycles. The minimum Gasteiger partial charge on any atom is -0.352 e. The monoisotopic (exact) mass is 321 g/mol. The summed E-state index contributed by atoms with van der Waals surface area (Å²) in [6.07, 6.45) is 8.32. The van der Waals surface area contributed by atoms with Crippen LogP contribution in [0.15, 0.2) is 34.3 Å². The highest BCUT2D eigenvalue weighted by atomic mass is 79.9. The Kier molecular flexibility index (Phi) is 5.20. The van der Waals surface area contributed by atoms with Crippen LogP contribution in [0, 0.1) is 6.92 Å². The van der Waals surface area contributed by atoms with Crippen LogP contribution in [0.5, 0.6) is 0 Å². The van der Waals surface area contributed by atoms with Crippen molar-refractivity contribution in [3.63, 3.8) is 0 Å². The van der Waals surface area contributed by atoms with E-state index in [1.54, 1.807) is 0 Å². The van der Waals surface area contributed by atoms with Crippen LogP contribution in [0.1, 0.15) is 48.0 Å². The molecule has 0 radical (unpaired) electrons. The molecule has 3 heteroatoms. The molecule has 0 heterocycles. The number of nitrogens with one attached hydrogen (secondary N) is 1. The molecule has 102 valence electrons. The SMILES string of the molecule is Cc1ccc(Br)c(C(=O)NCCC2=CCCCC2)c1. The van der Waals surface area contributed by atoms with Crippen molar-refractivity contribution >= 4 is 21.8 Å². The first kappa shape index (κ1) is 14.3. The zero-order valence-corrected chi connectivity index (χ0v) is 12.9. The van der Waals surface area contributed by atoms with Gasteiger partial charge in [-0.25, -0.2) is 0 Å². The van der Waals surface area contributed by atoms with Crippen LogP contribution in [0.2, 0.25) is 0 Å². The van der Waals surface area contributed by atoms with E-state index in [9.17, 15) is 4.79 Å². The Morgan fingerprint density at radius 2 is 2.21 bits per heavy atom. The van der Waals surface area contributed by atoms with Gasteiger partial charge in [-0.2, -0.15) is 0 Å². The Hall–Kier alpha value is -1.09. The lowest BCUT2D eigenvalue weighted by molar-refractivity contribution is 0.0953. The lowest BCUT2D eigenvalue weighted by Crippen LogP contribution is -2.25. The predicted octanol–water partition coefficient (Wildman–Crippen LogP) is 4.38. The van der Waals surface area contributed by atoms with Gasteiger partial charge in [-0.15, -0.1) is 0 Å². The molecule has 0 aromatic heterocycles. The fourth-order valence-corrected chi connectivity index (χ4v) is 2.80.